The molecule has 0 saturated carbocycles. The van der Waals surface area contributed by atoms with Crippen LogP contribution in [0.5, 0.6) is 0 Å². The van der Waals surface area contributed by atoms with E-state index in [-0.39, 0.29) is 5.56 Å². The molecule has 0 aliphatic rings. The summed E-state index contributed by atoms with van der Waals surface area (Å²) in [5.74, 6) is 2.59. The summed E-state index contributed by atoms with van der Waals surface area (Å²) in [6, 6.07) is 0. The Balaban J connectivity index is 2.93. The number of rotatable bonds is 3. The van der Waals surface area contributed by atoms with Crippen molar-refractivity contribution < 1.29 is 0 Å². The second kappa shape index (κ2) is 4.99. The molecule has 0 radical (unpaired) electrons. The third kappa shape index (κ3) is 2.98. The molecule has 1 aromatic heterocycles. The van der Waals surface area contributed by atoms with Crippen LogP contribution in [0.25, 0.3) is 0 Å². The zero-order valence-corrected chi connectivity index (χ0v) is 10.5. The van der Waals surface area contributed by atoms with Crippen molar-refractivity contribution in [1.29, 1.82) is 0 Å². The molecule has 0 aliphatic heterocycles. The Morgan fingerprint density at radius 1 is 1.62 bits per heavy atom. The summed E-state index contributed by atoms with van der Waals surface area (Å²) in [5.41, 5.74) is 0.788. The monoisotopic (exact) mass is 310 g/mol. The highest BCUT2D eigenvalue weighted by atomic mass is 127. The molecule has 0 saturated heterocycles. The maximum atomic E-state index is 11.3. The predicted octanol–water partition coefficient (Wildman–Crippen LogP) is 1.94. The molecule has 0 bridgehead atoms. The van der Waals surface area contributed by atoms with Crippen molar-refractivity contribution in [3.8, 4) is 0 Å². The summed E-state index contributed by atoms with van der Waals surface area (Å²) in [5, 5.41) is 0. The molecule has 3 nitrogen and oxygen atoms in total. The molecular formula is C8H11IN2OS. The smallest absolute Gasteiger partial charge is 0.264 e. The fourth-order valence-corrected chi connectivity index (χ4v) is 1.69. The van der Waals surface area contributed by atoms with Crippen molar-refractivity contribution in [1.82, 2.24) is 9.97 Å². The van der Waals surface area contributed by atoms with Crippen LogP contribution in [0.3, 0.4) is 0 Å². The van der Waals surface area contributed by atoms with Crippen molar-refractivity contribution in [2.24, 2.45) is 0 Å². The van der Waals surface area contributed by atoms with E-state index in [1.165, 1.54) is 0 Å². The van der Waals surface area contributed by atoms with Gasteiger partial charge < -0.3 is 4.98 Å². The SMILES string of the molecule is CCSCc1nc(C)c(I)c(=O)[nH]1. The molecule has 0 fully saturated rings. The Morgan fingerprint density at radius 2 is 2.31 bits per heavy atom. The van der Waals surface area contributed by atoms with Gasteiger partial charge in [-0.05, 0) is 35.3 Å². The second-order valence-corrected chi connectivity index (χ2v) is 4.90. The molecule has 5 heteroatoms. The number of aromatic nitrogens is 2. The average molecular weight is 310 g/mol. The number of thioether (sulfide) groups is 1. The predicted molar refractivity (Wildman–Crippen MR) is 64.1 cm³/mol. The van der Waals surface area contributed by atoms with Crippen molar-refractivity contribution in [3.63, 3.8) is 0 Å². The molecule has 0 unspecified atom stereocenters. The number of halogens is 1. The fourth-order valence-electron chi connectivity index (χ4n) is 0.897. The molecule has 1 heterocycles. The third-order valence-electron chi connectivity index (χ3n) is 1.52. The Labute approximate surface area is 94.9 Å². The minimum absolute atomic E-state index is 0.0280. The van der Waals surface area contributed by atoms with Crippen LogP contribution < -0.4 is 5.56 Å². The molecule has 72 valence electrons. The Bertz CT molecular complexity index is 350. The van der Waals surface area contributed by atoms with Crippen LogP contribution in [-0.2, 0) is 5.75 Å². The summed E-state index contributed by atoms with van der Waals surface area (Å²) in [7, 11) is 0. The van der Waals surface area contributed by atoms with Gasteiger partial charge >= 0.3 is 0 Å². The van der Waals surface area contributed by atoms with Gasteiger partial charge in [0, 0.05) is 0 Å². The van der Waals surface area contributed by atoms with Gasteiger partial charge in [-0.2, -0.15) is 11.8 Å². The van der Waals surface area contributed by atoms with Crippen LogP contribution in [-0.4, -0.2) is 15.7 Å². The maximum absolute atomic E-state index is 11.3. The molecule has 0 spiro atoms. The summed E-state index contributed by atoms with van der Waals surface area (Å²) in [6.07, 6.45) is 0. The standard InChI is InChI=1S/C8H11IN2OS/c1-3-13-4-6-10-5(2)7(9)8(12)11-6/h3-4H2,1-2H3,(H,10,11,12). The number of aryl methyl sites for hydroxylation is 1. The Morgan fingerprint density at radius 3 is 2.85 bits per heavy atom. The number of H-pyrrole nitrogens is 1. The van der Waals surface area contributed by atoms with E-state index in [9.17, 15) is 4.79 Å². The number of nitrogens with one attached hydrogen (secondary N) is 1. The normalized spacial score (nSPS) is 10.4. The van der Waals surface area contributed by atoms with Crippen LogP contribution >= 0.6 is 34.4 Å². The quantitative estimate of drug-likeness (QED) is 0.868. The zero-order valence-electron chi connectivity index (χ0n) is 7.56. The molecule has 0 aromatic carbocycles. The molecule has 1 N–H and O–H groups in total. The van der Waals surface area contributed by atoms with E-state index in [4.69, 9.17) is 0 Å². The summed E-state index contributed by atoms with van der Waals surface area (Å²) >= 11 is 3.76. The fraction of sp³-hybridized carbons (Fsp3) is 0.500. The van der Waals surface area contributed by atoms with E-state index < -0.39 is 0 Å². The van der Waals surface area contributed by atoms with Gasteiger partial charge in [0.1, 0.15) is 5.82 Å². The molecule has 0 amide bonds. The van der Waals surface area contributed by atoms with E-state index in [2.05, 4.69) is 16.9 Å². The van der Waals surface area contributed by atoms with Gasteiger partial charge in [-0.1, -0.05) is 6.92 Å². The van der Waals surface area contributed by atoms with Gasteiger partial charge in [-0.15, -0.1) is 0 Å². The van der Waals surface area contributed by atoms with Crippen molar-refractivity contribution in [3.05, 3.63) is 25.4 Å². The lowest BCUT2D eigenvalue weighted by molar-refractivity contribution is 0.953. The van der Waals surface area contributed by atoms with Gasteiger partial charge in [-0.3, -0.25) is 4.79 Å². The lowest BCUT2D eigenvalue weighted by atomic mass is 10.4. The minimum Gasteiger partial charge on any atom is -0.309 e. The lowest BCUT2D eigenvalue weighted by Gasteiger charge is -2.01. The number of nitrogens with zero attached hydrogens (tertiary/aromatic N) is 1. The zero-order chi connectivity index (χ0) is 9.84. The van der Waals surface area contributed by atoms with Crippen LogP contribution in [0, 0.1) is 10.5 Å². The molecule has 1 aromatic rings. The number of hydrogen-bond donors (Lipinski definition) is 1. The molecular weight excluding hydrogens is 299 g/mol. The van der Waals surface area contributed by atoms with Crippen molar-refractivity contribution >= 4 is 34.4 Å². The van der Waals surface area contributed by atoms with Gasteiger partial charge in [0.15, 0.2) is 0 Å². The van der Waals surface area contributed by atoms with Crippen molar-refractivity contribution in [2.45, 2.75) is 19.6 Å². The summed E-state index contributed by atoms with van der Waals surface area (Å²) in [6.45, 7) is 3.94. The van der Waals surface area contributed by atoms with Crippen LogP contribution in [0.2, 0.25) is 0 Å². The van der Waals surface area contributed by atoms with Crippen LogP contribution in [0.15, 0.2) is 4.79 Å². The van der Waals surface area contributed by atoms with Crippen LogP contribution in [0.4, 0.5) is 0 Å². The largest absolute Gasteiger partial charge is 0.309 e. The van der Waals surface area contributed by atoms with Gasteiger partial charge in [0.25, 0.3) is 5.56 Å². The third-order valence-corrected chi connectivity index (χ3v) is 3.68. The van der Waals surface area contributed by atoms with E-state index >= 15 is 0 Å². The van der Waals surface area contributed by atoms with E-state index in [1.54, 1.807) is 11.8 Å². The average Bonchev–Trinajstić information content (AvgIpc) is 2.10. The first-order chi connectivity index (χ1) is 6.15. The first-order valence-electron chi connectivity index (χ1n) is 3.98. The topological polar surface area (TPSA) is 45.8 Å². The molecule has 0 aliphatic carbocycles. The Kier molecular flexibility index (Phi) is 4.24. The highest BCUT2D eigenvalue weighted by Crippen LogP contribution is 2.08. The first kappa shape index (κ1) is 11.0. The van der Waals surface area contributed by atoms with Gasteiger partial charge in [0.05, 0.1) is 15.0 Å². The first-order valence-corrected chi connectivity index (χ1v) is 6.21. The van der Waals surface area contributed by atoms with E-state index in [0.717, 1.165) is 23.0 Å². The molecule has 1 rings (SSSR count). The van der Waals surface area contributed by atoms with Crippen LogP contribution in [0.1, 0.15) is 18.4 Å². The summed E-state index contributed by atoms with van der Waals surface area (Å²) in [4.78, 5) is 18.4. The number of hydrogen-bond acceptors (Lipinski definition) is 3. The highest BCUT2D eigenvalue weighted by Gasteiger charge is 2.03. The number of aromatic amines is 1. The second-order valence-electron chi connectivity index (χ2n) is 2.55. The maximum Gasteiger partial charge on any atom is 0.264 e. The van der Waals surface area contributed by atoms with Gasteiger partial charge in [0.2, 0.25) is 0 Å². The Hall–Kier alpha value is -0.0400. The summed E-state index contributed by atoms with van der Waals surface area (Å²) < 4.78 is 0.683. The molecule has 0 atom stereocenters. The van der Waals surface area contributed by atoms with E-state index in [0.29, 0.717) is 3.57 Å². The van der Waals surface area contributed by atoms with Crippen molar-refractivity contribution in [2.75, 3.05) is 5.75 Å². The lowest BCUT2D eigenvalue weighted by Crippen LogP contribution is -2.16. The van der Waals surface area contributed by atoms with E-state index in [1.807, 2.05) is 29.5 Å². The molecule has 13 heavy (non-hydrogen) atoms. The minimum atomic E-state index is -0.0280. The highest BCUT2D eigenvalue weighted by molar-refractivity contribution is 14.1. The van der Waals surface area contributed by atoms with Gasteiger partial charge in [-0.25, -0.2) is 4.98 Å².